The monoisotopic (exact) mass is 234 g/mol. The fraction of sp³-hybridized carbons (Fsp3) is 0.167. The van der Waals surface area contributed by atoms with Crippen LogP contribution in [0.1, 0.15) is 11.1 Å². The number of hydrogen-bond donors (Lipinski definition) is 1. The van der Waals surface area contributed by atoms with Gasteiger partial charge >= 0.3 is 5.97 Å². The van der Waals surface area contributed by atoms with E-state index in [9.17, 15) is 9.18 Å². The minimum absolute atomic E-state index is 0.105. The van der Waals surface area contributed by atoms with Gasteiger partial charge in [-0.25, -0.2) is 4.68 Å². The van der Waals surface area contributed by atoms with E-state index in [0.717, 1.165) is 10.2 Å². The molecule has 0 aliphatic rings. The zero-order chi connectivity index (χ0) is 12.3. The second-order valence-electron chi connectivity index (χ2n) is 3.67. The third-order valence-corrected chi connectivity index (χ3v) is 2.36. The predicted octanol–water partition coefficient (Wildman–Crippen LogP) is 1.70. The molecular weight excluding hydrogens is 223 g/mol. The minimum Gasteiger partial charge on any atom is -0.481 e. The third-order valence-electron chi connectivity index (χ3n) is 2.36. The standard InChI is InChI=1S/C12H11FN2O2/c13-12-10(6-11(16)17)7-14-15(12)8-9-4-2-1-3-5-9/h1-5,7H,6,8H2,(H,16,17). The van der Waals surface area contributed by atoms with Crippen molar-refractivity contribution >= 4 is 5.97 Å². The Bertz CT molecular complexity index is 523. The molecule has 0 saturated carbocycles. The fourth-order valence-corrected chi connectivity index (χ4v) is 1.56. The van der Waals surface area contributed by atoms with Crippen molar-refractivity contribution in [1.82, 2.24) is 9.78 Å². The van der Waals surface area contributed by atoms with Gasteiger partial charge < -0.3 is 5.11 Å². The Morgan fingerprint density at radius 3 is 2.71 bits per heavy atom. The molecule has 1 aromatic heterocycles. The molecule has 4 nitrogen and oxygen atoms in total. The van der Waals surface area contributed by atoms with Crippen molar-refractivity contribution < 1.29 is 14.3 Å². The van der Waals surface area contributed by atoms with E-state index in [1.54, 1.807) is 0 Å². The Labute approximate surface area is 97.3 Å². The van der Waals surface area contributed by atoms with Gasteiger partial charge in [-0.15, -0.1) is 0 Å². The second kappa shape index (κ2) is 4.78. The molecule has 0 bridgehead atoms. The van der Waals surface area contributed by atoms with Crippen molar-refractivity contribution in [3.63, 3.8) is 0 Å². The molecule has 0 unspecified atom stereocenters. The van der Waals surface area contributed by atoms with Crippen molar-refractivity contribution in [2.75, 3.05) is 0 Å². The molecule has 0 amide bonds. The van der Waals surface area contributed by atoms with E-state index in [2.05, 4.69) is 5.10 Å². The van der Waals surface area contributed by atoms with Gasteiger partial charge in [-0.05, 0) is 5.56 Å². The topological polar surface area (TPSA) is 55.1 Å². The van der Waals surface area contributed by atoms with E-state index in [4.69, 9.17) is 5.11 Å². The maximum absolute atomic E-state index is 13.7. The van der Waals surface area contributed by atoms with Crippen LogP contribution in [-0.2, 0) is 17.8 Å². The Hall–Kier alpha value is -2.17. The lowest BCUT2D eigenvalue weighted by Crippen LogP contribution is -2.06. The maximum atomic E-state index is 13.7. The second-order valence-corrected chi connectivity index (χ2v) is 3.67. The normalized spacial score (nSPS) is 10.4. The summed E-state index contributed by atoms with van der Waals surface area (Å²) in [7, 11) is 0. The van der Waals surface area contributed by atoms with Crippen LogP contribution in [0.15, 0.2) is 36.5 Å². The molecule has 0 radical (unpaired) electrons. The first-order chi connectivity index (χ1) is 8.16. The summed E-state index contributed by atoms with van der Waals surface area (Å²) in [5.41, 5.74) is 1.02. The highest BCUT2D eigenvalue weighted by atomic mass is 19.1. The molecule has 17 heavy (non-hydrogen) atoms. The van der Waals surface area contributed by atoms with Crippen LogP contribution in [0.25, 0.3) is 0 Å². The van der Waals surface area contributed by atoms with Crippen molar-refractivity contribution in [3.8, 4) is 0 Å². The molecule has 0 fully saturated rings. The van der Waals surface area contributed by atoms with Gasteiger partial charge in [0.2, 0.25) is 5.95 Å². The van der Waals surface area contributed by atoms with Crippen LogP contribution < -0.4 is 0 Å². The molecule has 1 heterocycles. The van der Waals surface area contributed by atoms with Gasteiger partial charge in [-0.1, -0.05) is 30.3 Å². The molecule has 0 aliphatic carbocycles. The van der Waals surface area contributed by atoms with E-state index in [1.807, 2.05) is 30.3 Å². The first-order valence-electron chi connectivity index (χ1n) is 5.12. The molecule has 0 saturated heterocycles. The van der Waals surface area contributed by atoms with Crippen LogP contribution in [-0.4, -0.2) is 20.9 Å². The van der Waals surface area contributed by atoms with E-state index in [1.165, 1.54) is 6.20 Å². The molecule has 2 rings (SSSR count). The lowest BCUT2D eigenvalue weighted by molar-refractivity contribution is -0.136. The number of carboxylic acids is 1. The van der Waals surface area contributed by atoms with E-state index >= 15 is 0 Å². The van der Waals surface area contributed by atoms with Crippen LogP contribution in [0, 0.1) is 5.95 Å². The highest BCUT2D eigenvalue weighted by Gasteiger charge is 2.13. The van der Waals surface area contributed by atoms with Crippen molar-refractivity contribution in [1.29, 1.82) is 0 Å². The van der Waals surface area contributed by atoms with Gasteiger partial charge in [0, 0.05) is 5.56 Å². The number of halogens is 1. The highest BCUT2D eigenvalue weighted by Crippen LogP contribution is 2.10. The molecule has 1 aromatic carbocycles. The molecular formula is C12H11FN2O2. The molecule has 0 atom stereocenters. The van der Waals surface area contributed by atoms with E-state index < -0.39 is 11.9 Å². The van der Waals surface area contributed by atoms with Crippen LogP contribution in [0.4, 0.5) is 4.39 Å². The summed E-state index contributed by atoms with van der Waals surface area (Å²) < 4.78 is 14.9. The molecule has 5 heteroatoms. The summed E-state index contributed by atoms with van der Waals surface area (Å²) in [6.45, 7) is 0.298. The Kier molecular flexibility index (Phi) is 3.18. The summed E-state index contributed by atoms with van der Waals surface area (Å²) in [5.74, 6) is -1.65. The van der Waals surface area contributed by atoms with Crippen LogP contribution in [0.2, 0.25) is 0 Å². The number of rotatable bonds is 4. The van der Waals surface area contributed by atoms with E-state index in [0.29, 0.717) is 6.54 Å². The molecule has 1 N–H and O–H groups in total. The van der Waals surface area contributed by atoms with Crippen LogP contribution >= 0.6 is 0 Å². The SMILES string of the molecule is O=C(O)Cc1cnn(Cc2ccccc2)c1F. The van der Waals surface area contributed by atoms with Crippen LogP contribution in [0.5, 0.6) is 0 Å². The summed E-state index contributed by atoms with van der Waals surface area (Å²) in [5, 5.41) is 12.4. The van der Waals surface area contributed by atoms with Crippen molar-refractivity contribution in [2.24, 2.45) is 0 Å². The highest BCUT2D eigenvalue weighted by molar-refractivity contribution is 5.69. The number of hydrogen-bond acceptors (Lipinski definition) is 2. The number of aromatic nitrogens is 2. The van der Waals surface area contributed by atoms with Gasteiger partial charge in [0.05, 0.1) is 19.2 Å². The Morgan fingerprint density at radius 2 is 2.06 bits per heavy atom. The van der Waals surface area contributed by atoms with Crippen molar-refractivity contribution in [3.05, 3.63) is 53.6 Å². The number of aliphatic carboxylic acids is 1. The van der Waals surface area contributed by atoms with Gasteiger partial charge in [-0.2, -0.15) is 9.49 Å². The summed E-state index contributed by atoms with van der Waals surface area (Å²) in [6, 6.07) is 9.30. The molecule has 2 aromatic rings. The Morgan fingerprint density at radius 1 is 1.35 bits per heavy atom. The summed E-state index contributed by atoms with van der Waals surface area (Å²) in [6.07, 6.45) is 0.910. The zero-order valence-electron chi connectivity index (χ0n) is 9.01. The molecule has 0 spiro atoms. The summed E-state index contributed by atoms with van der Waals surface area (Å²) in [4.78, 5) is 10.5. The van der Waals surface area contributed by atoms with Gasteiger partial charge in [0.1, 0.15) is 0 Å². The lowest BCUT2D eigenvalue weighted by atomic mass is 10.2. The van der Waals surface area contributed by atoms with Crippen LogP contribution in [0.3, 0.4) is 0 Å². The lowest BCUT2D eigenvalue weighted by Gasteiger charge is -2.02. The predicted molar refractivity (Wildman–Crippen MR) is 59.1 cm³/mol. The number of nitrogens with zero attached hydrogens (tertiary/aromatic N) is 2. The van der Waals surface area contributed by atoms with Gasteiger partial charge in [-0.3, -0.25) is 4.79 Å². The first kappa shape index (κ1) is 11.3. The third kappa shape index (κ3) is 2.69. The average molecular weight is 234 g/mol. The van der Waals surface area contributed by atoms with Crippen molar-refractivity contribution in [2.45, 2.75) is 13.0 Å². The summed E-state index contributed by atoms with van der Waals surface area (Å²) >= 11 is 0. The van der Waals surface area contributed by atoms with E-state index in [-0.39, 0.29) is 12.0 Å². The molecule has 88 valence electrons. The maximum Gasteiger partial charge on any atom is 0.308 e. The molecule has 0 aliphatic heterocycles. The first-order valence-corrected chi connectivity index (χ1v) is 5.12. The largest absolute Gasteiger partial charge is 0.481 e. The number of benzene rings is 1. The van der Waals surface area contributed by atoms with Gasteiger partial charge in [0.25, 0.3) is 0 Å². The number of carboxylic acid groups (broad SMARTS) is 1. The smallest absolute Gasteiger partial charge is 0.308 e. The van der Waals surface area contributed by atoms with Gasteiger partial charge in [0.15, 0.2) is 0 Å². The zero-order valence-corrected chi connectivity index (χ0v) is 9.01. The minimum atomic E-state index is -1.07. The number of carbonyl (C=O) groups is 1. The average Bonchev–Trinajstić information content (AvgIpc) is 2.62. The fourth-order valence-electron chi connectivity index (χ4n) is 1.56. The Balaban J connectivity index is 2.18. The quantitative estimate of drug-likeness (QED) is 0.875.